The van der Waals surface area contributed by atoms with Crippen molar-refractivity contribution in [3.05, 3.63) is 74.4 Å². The van der Waals surface area contributed by atoms with E-state index in [1.165, 1.54) is 4.57 Å². The first-order valence-electron chi connectivity index (χ1n) is 14.3. The maximum atomic E-state index is 13.3. The van der Waals surface area contributed by atoms with Crippen LogP contribution in [0.4, 0.5) is 15.3 Å². The summed E-state index contributed by atoms with van der Waals surface area (Å²) < 4.78 is 7.71. The van der Waals surface area contributed by atoms with Crippen molar-refractivity contribution in [2.45, 2.75) is 64.8 Å². The summed E-state index contributed by atoms with van der Waals surface area (Å²) in [6.45, 7) is 5.11. The summed E-state index contributed by atoms with van der Waals surface area (Å²) in [4.78, 5) is 64.9. The Hall–Kier alpha value is -4.61. The Balaban J connectivity index is 1.26. The minimum absolute atomic E-state index is 0.0230. The van der Waals surface area contributed by atoms with Gasteiger partial charge >= 0.3 is 17.8 Å². The van der Waals surface area contributed by atoms with Gasteiger partial charge in [-0.25, -0.2) is 14.4 Å². The average Bonchev–Trinajstić information content (AvgIpc) is 3.79. The summed E-state index contributed by atoms with van der Waals surface area (Å²) >= 11 is 0. The third-order valence-electron chi connectivity index (χ3n) is 7.72. The number of hydrogen-bond donors (Lipinski definition) is 3. The zero-order chi connectivity index (χ0) is 30.0. The largest absolute Gasteiger partial charge is 0.445 e. The van der Waals surface area contributed by atoms with Gasteiger partial charge in [-0.1, -0.05) is 12.1 Å². The van der Waals surface area contributed by atoms with Crippen molar-refractivity contribution in [2.24, 2.45) is 11.7 Å². The molecule has 1 saturated carbocycles. The second-order valence-corrected chi connectivity index (χ2v) is 11.3. The molecule has 2 aromatic carbocycles. The highest BCUT2D eigenvalue weighted by molar-refractivity contribution is 5.95. The summed E-state index contributed by atoms with van der Waals surface area (Å²) in [5.41, 5.74) is 6.49. The lowest BCUT2D eigenvalue weighted by molar-refractivity contribution is 0.0912. The smallest absolute Gasteiger partial charge is 0.404 e. The van der Waals surface area contributed by atoms with Gasteiger partial charge in [-0.3, -0.25) is 18.7 Å². The Morgan fingerprint density at radius 1 is 1.05 bits per heavy atom. The lowest BCUT2D eigenvalue weighted by atomic mass is 10.0. The zero-order valence-electron chi connectivity index (χ0n) is 23.8. The van der Waals surface area contributed by atoms with Gasteiger partial charge in [0.1, 0.15) is 6.61 Å². The van der Waals surface area contributed by atoms with Crippen LogP contribution >= 0.6 is 0 Å². The molecule has 0 spiro atoms. The number of ether oxygens (including phenoxy) is 1. The standard InChI is InChI=1S/C30H36N6O6/c1-18(2)36-25-12-11-22(14-24(25)27(38)35(30(36)41)15-19-5-6-19)33-29(40)34-13-3-4-23(16-34)32-26(37)21-9-7-20(8-10-21)17-42-28(31)39/h7-12,14,18-19,23H,3-6,13,15-17H2,1-2H3,(H2,31,39)(H,32,37)(H,33,40)/t23-/m1/s1. The van der Waals surface area contributed by atoms with Gasteiger partial charge in [0.2, 0.25) is 0 Å². The number of nitrogens with two attached hydrogens (primary N) is 1. The highest BCUT2D eigenvalue weighted by Gasteiger charge is 2.27. The maximum Gasteiger partial charge on any atom is 0.404 e. The van der Waals surface area contributed by atoms with Crippen LogP contribution in [-0.2, 0) is 17.9 Å². The molecule has 2 heterocycles. The second kappa shape index (κ2) is 12.1. The number of aromatic nitrogens is 2. The predicted octanol–water partition coefficient (Wildman–Crippen LogP) is 3.18. The van der Waals surface area contributed by atoms with Crippen molar-refractivity contribution in [3.8, 4) is 0 Å². The SMILES string of the molecule is CC(C)n1c(=O)n(CC2CC2)c(=O)c2cc(NC(=O)N3CCC[C@@H](NC(=O)c4ccc(COC(N)=O)cc4)C3)ccc21. The molecule has 12 heteroatoms. The average molecular weight is 577 g/mol. The molecule has 1 atom stereocenters. The summed E-state index contributed by atoms with van der Waals surface area (Å²) in [5.74, 6) is 0.0870. The topological polar surface area (TPSA) is 158 Å². The van der Waals surface area contributed by atoms with Gasteiger partial charge < -0.3 is 26.0 Å². The predicted molar refractivity (Wildman–Crippen MR) is 157 cm³/mol. The van der Waals surface area contributed by atoms with E-state index in [1.807, 2.05) is 13.8 Å². The number of urea groups is 1. The number of piperidine rings is 1. The molecule has 4 amide bonds. The number of nitrogens with zero attached hydrogens (tertiary/aromatic N) is 3. The highest BCUT2D eigenvalue weighted by atomic mass is 16.5. The Morgan fingerprint density at radius 3 is 2.45 bits per heavy atom. The van der Waals surface area contributed by atoms with Crippen LogP contribution < -0.4 is 27.6 Å². The lowest BCUT2D eigenvalue weighted by Crippen LogP contribution is -2.50. The van der Waals surface area contributed by atoms with Gasteiger partial charge in [0.05, 0.1) is 10.9 Å². The van der Waals surface area contributed by atoms with Crippen molar-refractivity contribution in [1.29, 1.82) is 0 Å². The highest BCUT2D eigenvalue weighted by Crippen LogP contribution is 2.30. The van der Waals surface area contributed by atoms with E-state index in [0.717, 1.165) is 19.3 Å². The van der Waals surface area contributed by atoms with E-state index in [1.54, 1.807) is 51.9 Å². The molecule has 1 aromatic heterocycles. The van der Waals surface area contributed by atoms with Crippen LogP contribution in [0.5, 0.6) is 0 Å². The minimum atomic E-state index is -0.868. The van der Waals surface area contributed by atoms with Gasteiger partial charge in [0, 0.05) is 43.0 Å². The number of primary amides is 1. The first-order chi connectivity index (χ1) is 20.1. The van der Waals surface area contributed by atoms with Crippen LogP contribution in [-0.4, -0.2) is 51.2 Å². The molecule has 1 saturated heterocycles. The monoisotopic (exact) mass is 576 g/mol. The van der Waals surface area contributed by atoms with Crippen molar-refractivity contribution >= 4 is 34.6 Å². The summed E-state index contributed by atoms with van der Waals surface area (Å²) in [6.07, 6.45) is 2.60. The van der Waals surface area contributed by atoms with E-state index in [4.69, 9.17) is 10.5 Å². The molecule has 0 unspecified atom stereocenters. The van der Waals surface area contributed by atoms with E-state index >= 15 is 0 Å². The van der Waals surface area contributed by atoms with E-state index in [2.05, 4.69) is 10.6 Å². The number of carbonyl (C=O) groups excluding carboxylic acids is 3. The normalized spacial score (nSPS) is 16.8. The van der Waals surface area contributed by atoms with E-state index in [-0.39, 0.29) is 41.9 Å². The quantitative estimate of drug-likeness (QED) is 0.374. The molecule has 2 fully saturated rings. The molecule has 2 aliphatic rings. The van der Waals surface area contributed by atoms with Gasteiger partial charge in [-0.2, -0.15) is 0 Å². The molecule has 1 aliphatic heterocycles. The molecule has 3 aromatic rings. The molecular weight excluding hydrogens is 540 g/mol. The molecule has 222 valence electrons. The van der Waals surface area contributed by atoms with Crippen molar-refractivity contribution in [3.63, 3.8) is 0 Å². The van der Waals surface area contributed by atoms with Gasteiger partial charge in [-0.15, -0.1) is 0 Å². The van der Waals surface area contributed by atoms with E-state index in [0.29, 0.717) is 59.7 Å². The molecule has 1 aliphatic carbocycles. The molecular formula is C30H36N6O6. The number of nitrogens with one attached hydrogen (secondary N) is 2. The number of likely N-dealkylation sites (tertiary alicyclic amines) is 1. The summed E-state index contributed by atoms with van der Waals surface area (Å²) in [6, 6.07) is 11.0. The number of hydrogen-bond acceptors (Lipinski definition) is 6. The molecule has 5 rings (SSSR count). The molecule has 42 heavy (non-hydrogen) atoms. The van der Waals surface area contributed by atoms with Crippen LogP contribution in [0.3, 0.4) is 0 Å². The fourth-order valence-electron chi connectivity index (χ4n) is 5.34. The van der Waals surface area contributed by atoms with Crippen molar-refractivity contribution in [1.82, 2.24) is 19.4 Å². The number of carbonyl (C=O) groups is 3. The number of fused-ring (bicyclic) bond motifs is 1. The zero-order valence-corrected chi connectivity index (χ0v) is 23.8. The van der Waals surface area contributed by atoms with Crippen molar-refractivity contribution < 1.29 is 19.1 Å². The molecule has 12 nitrogen and oxygen atoms in total. The number of rotatable bonds is 8. The van der Waals surface area contributed by atoms with Gasteiger partial charge in [0.15, 0.2) is 0 Å². The number of anilines is 1. The molecule has 4 N–H and O–H groups in total. The van der Waals surface area contributed by atoms with Crippen LogP contribution in [0.1, 0.15) is 61.5 Å². The Bertz CT molecular complexity index is 1620. The Morgan fingerprint density at radius 2 is 1.79 bits per heavy atom. The van der Waals surface area contributed by atoms with Crippen LogP contribution in [0.2, 0.25) is 0 Å². The van der Waals surface area contributed by atoms with E-state index < -0.39 is 6.09 Å². The van der Waals surface area contributed by atoms with Crippen LogP contribution in [0.15, 0.2) is 52.1 Å². The third kappa shape index (κ3) is 6.48. The van der Waals surface area contributed by atoms with Gasteiger partial charge in [-0.05, 0) is 81.3 Å². The molecule has 0 bridgehead atoms. The maximum absolute atomic E-state index is 13.3. The Kier molecular flexibility index (Phi) is 8.32. The summed E-state index contributed by atoms with van der Waals surface area (Å²) in [5, 5.41) is 6.27. The fourth-order valence-corrected chi connectivity index (χ4v) is 5.34. The first kappa shape index (κ1) is 28.9. The van der Waals surface area contributed by atoms with Crippen molar-refractivity contribution in [2.75, 3.05) is 18.4 Å². The second-order valence-electron chi connectivity index (χ2n) is 11.3. The summed E-state index contributed by atoms with van der Waals surface area (Å²) in [7, 11) is 0. The van der Waals surface area contributed by atoms with Crippen LogP contribution in [0.25, 0.3) is 10.9 Å². The lowest BCUT2D eigenvalue weighted by Gasteiger charge is -2.33. The molecule has 0 radical (unpaired) electrons. The van der Waals surface area contributed by atoms with Gasteiger partial charge in [0.25, 0.3) is 11.5 Å². The first-order valence-corrected chi connectivity index (χ1v) is 14.3. The Labute approximate surface area is 242 Å². The fraction of sp³-hybridized carbons (Fsp3) is 0.433. The number of amides is 4. The number of benzene rings is 2. The van der Waals surface area contributed by atoms with E-state index in [9.17, 15) is 24.0 Å². The third-order valence-corrected chi connectivity index (χ3v) is 7.72. The van der Waals surface area contributed by atoms with Crippen LogP contribution in [0, 0.1) is 5.92 Å². The minimum Gasteiger partial charge on any atom is -0.445 e.